The molecule has 2 rings (SSSR count). The molecular formula is C7H11BrN4O. The van der Waals surface area contributed by atoms with E-state index in [1.54, 1.807) is 0 Å². The summed E-state index contributed by atoms with van der Waals surface area (Å²) in [7, 11) is 0. The van der Waals surface area contributed by atoms with Gasteiger partial charge in [-0.2, -0.15) is 5.10 Å². The minimum Gasteiger partial charge on any atom is -0.412 e. The fourth-order valence-electron chi connectivity index (χ4n) is 0.909. The van der Waals surface area contributed by atoms with Crippen LogP contribution < -0.4 is 11.7 Å². The van der Waals surface area contributed by atoms with Crippen molar-refractivity contribution in [2.45, 2.75) is 0 Å². The molecule has 0 atom stereocenters. The first-order valence-corrected chi connectivity index (χ1v) is 4.07. The van der Waals surface area contributed by atoms with E-state index in [0.717, 1.165) is 15.4 Å². The van der Waals surface area contributed by atoms with Gasteiger partial charge < -0.3 is 5.48 Å². The lowest BCUT2D eigenvalue weighted by Gasteiger charge is -1.87. The lowest BCUT2D eigenvalue weighted by molar-refractivity contribution is 0.824. The molecule has 0 unspecified atom stereocenters. The number of nitrogens with two attached hydrogens (primary N) is 2. The monoisotopic (exact) mass is 246 g/mol. The van der Waals surface area contributed by atoms with Crippen LogP contribution in [-0.4, -0.2) is 15.7 Å². The number of hydrogen-bond donors (Lipinski definition) is 3. The van der Waals surface area contributed by atoms with Crippen molar-refractivity contribution in [1.82, 2.24) is 10.2 Å². The lowest BCUT2D eigenvalue weighted by atomic mass is 10.3. The van der Waals surface area contributed by atoms with E-state index in [1.165, 1.54) is 0 Å². The average molecular weight is 247 g/mol. The lowest BCUT2D eigenvalue weighted by Crippen LogP contribution is -2.02. The third-order valence-electron chi connectivity index (χ3n) is 1.40. The SMILES string of the molecule is Brc1ccc2cn[nH]c2c1.NN.O. The van der Waals surface area contributed by atoms with Crippen molar-refractivity contribution in [3.8, 4) is 0 Å². The molecular weight excluding hydrogens is 236 g/mol. The number of H-pyrrole nitrogens is 1. The molecule has 0 aliphatic heterocycles. The molecule has 72 valence electrons. The number of nitrogens with one attached hydrogen (secondary N) is 1. The van der Waals surface area contributed by atoms with Crippen molar-refractivity contribution in [3.05, 3.63) is 28.9 Å². The Bertz CT molecular complexity index is 362. The third kappa shape index (κ3) is 2.78. The van der Waals surface area contributed by atoms with E-state index in [4.69, 9.17) is 0 Å². The van der Waals surface area contributed by atoms with Crippen LogP contribution in [-0.2, 0) is 0 Å². The number of rotatable bonds is 0. The van der Waals surface area contributed by atoms with Gasteiger partial charge in [-0.15, -0.1) is 0 Å². The van der Waals surface area contributed by atoms with Gasteiger partial charge in [-0.25, -0.2) is 0 Å². The standard InChI is InChI=1S/C7H5BrN2.H4N2.H2O/c8-6-2-1-5-4-9-10-7(5)3-6;1-2;/h1-4H,(H,9,10);1-2H2;1H2. The maximum absolute atomic E-state index is 4.00. The van der Waals surface area contributed by atoms with Gasteiger partial charge in [0.25, 0.3) is 0 Å². The van der Waals surface area contributed by atoms with Gasteiger partial charge in [0.2, 0.25) is 0 Å². The van der Waals surface area contributed by atoms with Crippen molar-refractivity contribution in [1.29, 1.82) is 0 Å². The smallest absolute Gasteiger partial charge is 0.0661 e. The van der Waals surface area contributed by atoms with E-state index >= 15 is 0 Å². The molecule has 13 heavy (non-hydrogen) atoms. The maximum atomic E-state index is 4.00. The number of aromatic nitrogens is 2. The van der Waals surface area contributed by atoms with E-state index in [9.17, 15) is 0 Å². The minimum absolute atomic E-state index is 0. The van der Waals surface area contributed by atoms with E-state index in [2.05, 4.69) is 37.8 Å². The summed E-state index contributed by atoms with van der Waals surface area (Å²) in [6.07, 6.45) is 1.81. The molecule has 0 bridgehead atoms. The molecule has 6 heteroatoms. The molecule has 5 nitrogen and oxygen atoms in total. The molecule has 7 N–H and O–H groups in total. The molecule has 1 aromatic carbocycles. The van der Waals surface area contributed by atoms with Crippen molar-refractivity contribution in [2.24, 2.45) is 11.7 Å². The summed E-state index contributed by atoms with van der Waals surface area (Å²) in [6.45, 7) is 0. The number of halogens is 1. The summed E-state index contributed by atoms with van der Waals surface area (Å²) in [4.78, 5) is 0. The zero-order chi connectivity index (χ0) is 8.97. The van der Waals surface area contributed by atoms with Gasteiger partial charge >= 0.3 is 0 Å². The molecule has 0 saturated heterocycles. The largest absolute Gasteiger partial charge is 0.412 e. The highest BCUT2D eigenvalue weighted by molar-refractivity contribution is 9.10. The highest BCUT2D eigenvalue weighted by Gasteiger charge is 1.93. The van der Waals surface area contributed by atoms with Gasteiger partial charge in [0.05, 0.1) is 11.7 Å². The van der Waals surface area contributed by atoms with Gasteiger partial charge in [0.1, 0.15) is 0 Å². The fourth-order valence-corrected chi connectivity index (χ4v) is 1.27. The Labute approximate surface area is 83.5 Å². The maximum Gasteiger partial charge on any atom is 0.0661 e. The van der Waals surface area contributed by atoms with Crippen molar-refractivity contribution >= 4 is 26.8 Å². The summed E-state index contributed by atoms with van der Waals surface area (Å²) in [5, 5.41) is 7.92. The highest BCUT2D eigenvalue weighted by Crippen LogP contribution is 2.16. The Morgan fingerprint density at radius 3 is 2.69 bits per heavy atom. The summed E-state index contributed by atoms with van der Waals surface area (Å²) >= 11 is 3.37. The molecule has 1 aromatic heterocycles. The second-order valence-electron chi connectivity index (χ2n) is 2.10. The fraction of sp³-hybridized carbons (Fsp3) is 0. The van der Waals surface area contributed by atoms with Crippen LogP contribution in [0.1, 0.15) is 0 Å². The van der Waals surface area contributed by atoms with Crippen molar-refractivity contribution in [2.75, 3.05) is 0 Å². The van der Waals surface area contributed by atoms with E-state index < -0.39 is 0 Å². The summed E-state index contributed by atoms with van der Waals surface area (Å²) in [5.74, 6) is 8.00. The molecule has 0 fully saturated rings. The van der Waals surface area contributed by atoms with Crippen LogP contribution in [0.4, 0.5) is 0 Å². The number of benzene rings is 1. The Balaban J connectivity index is 0.000000451. The van der Waals surface area contributed by atoms with Gasteiger partial charge in [0, 0.05) is 9.86 Å². The van der Waals surface area contributed by atoms with Crippen LogP contribution in [0.5, 0.6) is 0 Å². The van der Waals surface area contributed by atoms with Crippen molar-refractivity contribution in [3.63, 3.8) is 0 Å². The molecule has 0 radical (unpaired) electrons. The van der Waals surface area contributed by atoms with Gasteiger partial charge in [-0.3, -0.25) is 16.8 Å². The van der Waals surface area contributed by atoms with E-state index in [-0.39, 0.29) is 5.48 Å². The Morgan fingerprint density at radius 2 is 2.00 bits per heavy atom. The third-order valence-corrected chi connectivity index (χ3v) is 1.90. The average Bonchev–Trinajstić information content (AvgIpc) is 2.54. The zero-order valence-corrected chi connectivity index (χ0v) is 8.38. The number of aromatic amines is 1. The zero-order valence-electron chi connectivity index (χ0n) is 6.79. The first-order chi connectivity index (χ1) is 5.86. The summed E-state index contributed by atoms with van der Waals surface area (Å²) < 4.78 is 1.07. The number of fused-ring (bicyclic) bond motifs is 1. The van der Waals surface area contributed by atoms with Gasteiger partial charge in [0.15, 0.2) is 0 Å². The highest BCUT2D eigenvalue weighted by atomic mass is 79.9. The summed E-state index contributed by atoms with van der Waals surface area (Å²) in [5.41, 5.74) is 1.06. The molecule has 0 saturated carbocycles. The van der Waals surface area contributed by atoms with Crippen LogP contribution in [0.3, 0.4) is 0 Å². The minimum atomic E-state index is 0. The second-order valence-corrected chi connectivity index (χ2v) is 3.02. The van der Waals surface area contributed by atoms with Gasteiger partial charge in [-0.05, 0) is 12.1 Å². The second kappa shape index (κ2) is 5.65. The predicted octanol–water partition coefficient (Wildman–Crippen LogP) is 0.319. The quantitative estimate of drug-likeness (QED) is 0.460. The molecule has 1 heterocycles. The molecule has 0 amide bonds. The Kier molecular flexibility index (Phi) is 5.24. The van der Waals surface area contributed by atoms with Crippen LogP contribution in [0.2, 0.25) is 0 Å². The van der Waals surface area contributed by atoms with Crippen LogP contribution in [0, 0.1) is 0 Å². The molecule has 0 spiro atoms. The van der Waals surface area contributed by atoms with E-state index in [0.29, 0.717) is 0 Å². The number of hydrogen-bond acceptors (Lipinski definition) is 3. The van der Waals surface area contributed by atoms with Crippen LogP contribution in [0.15, 0.2) is 28.9 Å². The summed E-state index contributed by atoms with van der Waals surface area (Å²) in [6, 6.07) is 6.02. The molecule has 2 aromatic rings. The normalized spacial score (nSPS) is 8.54. The van der Waals surface area contributed by atoms with Crippen LogP contribution >= 0.6 is 15.9 Å². The molecule has 0 aliphatic rings. The van der Waals surface area contributed by atoms with Crippen LogP contribution in [0.25, 0.3) is 10.9 Å². The number of hydrazine groups is 1. The molecule has 0 aliphatic carbocycles. The Hall–Kier alpha value is -0.950. The van der Waals surface area contributed by atoms with Crippen molar-refractivity contribution < 1.29 is 5.48 Å². The first kappa shape index (κ1) is 12.0. The van der Waals surface area contributed by atoms with Gasteiger partial charge in [-0.1, -0.05) is 22.0 Å². The van der Waals surface area contributed by atoms with E-state index in [1.807, 2.05) is 24.4 Å². The predicted molar refractivity (Wildman–Crippen MR) is 55.8 cm³/mol. The first-order valence-electron chi connectivity index (χ1n) is 3.28. The Morgan fingerprint density at radius 1 is 1.31 bits per heavy atom. The topological polar surface area (TPSA) is 112 Å². The number of nitrogens with zero attached hydrogens (tertiary/aromatic N) is 1.